The summed E-state index contributed by atoms with van der Waals surface area (Å²) in [4.78, 5) is 6.47. The molecule has 1 saturated heterocycles. The highest BCUT2D eigenvalue weighted by Crippen LogP contribution is 2.43. The van der Waals surface area contributed by atoms with Gasteiger partial charge in [-0.15, -0.1) is 0 Å². The first-order chi connectivity index (χ1) is 16.7. The van der Waals surface area contributed by atoms with Crippen LogP contribution in [0.1, 0.15) is 23.5 Å². The van der Waals surface area contributed by atoms with Crippen molar-refractivity contribution in [3.63, 3.8) is 0 Å². The van der Waals surface area contributed by atoms with E-state index in [1.54, 1.807) is 18.3 Å². The number of hydrogen-bond donors (Lipinski definition) is 1. The lowest BCUT2D eigenvalue weighted by Crippen LogP contribution is -2.31. The Labute approximate surface area is 202 Å². The van der Waals surface area contributed by atoms with Crippen molar-refractivity contribution in [1.29, 1.82) is 0 Å². The van der Waals surface area contributed by atoms with Gasteiger partial charge in [0.05, 0.1) is 17.4 Å². The maximum absolute atomic E-state index is 15.0. The fourth-order valence-corrected chi connectivity index (χ4v) is 5.10. The molecular weight excluding hydrogens is 443 g/mol. The predicted octanol–water partition coefficient (Wildman–Crippen LogP) is 6.34. The summed E-state index contributed by atoms with van der Waals surface area (Å²) in [6.07, 6.45) is 3.81. The van der Waals surface area contributed by atoms with E-state index in [0.717, 1.165) is 22.5 Å². The first-order valence-electron chi connectivity index (χ1n) is 11.1. The van der Waals surface area contributed by atoms with E-state index in [0.29, 0.717) is 10.8 Å². The number of anilines is 1. The van der Waals surface area contributed by atoms with Gasteiger partial charge in [-0.1, -0.05) is 48.5 Å². The maximum atomic E-state index is 15.0. The molecule has 1 aliphatic heterocycles. The van der Waals surface area contributed by atoms with Gasteiger partial charge in [0, 0.05) is 23.8 Å². The molecular formula is C28H21FN4S. The molecule has 0 amide bonds. The molecule has 0 unspecified atom stereocenters. The summed E-state index contributed by atoms with van der Waals surface area (Å²) in [7, 11) is 0. The molecule has 0 saturated carbocycles. The summed E-state index contributed by atoms with van der Waals surface area (Å²) in [6, 6.07) is 30.8. The largest absolute Gasteiger partial charge is 0.351 e. The van der Waals surface area contributed by atoms with E-state index in [4.69, 9.17) is 12.2 Å². The number of benzene rings is 3. The van der Waals surface area contributed by atoms with Crippen LogP contribution >= 0.6 is 12.2 Å². The first-order valence-corrected chi connectivity index (χ1v) is 11.5. The topological polar surface area (TPSA) is 33.1 Å². The lowest BCUT2D eigenvalue weighted by Gasteiger charge is -2.29. The summed E-state index contributed by atoms with van der Waals surface area (Å²) < 4.78 is 17.2. The molecule has 2 atom stereocenters. The molecule has 6 heteroatoms. The molecule has 0 bridgehead atoms. The van der Waals surface area contributed by atoms with Gasteiger partial charge in [0.2, 0.25) is 0 Å². The highest BCUT2D eigenvalue weighted by Gasteiger charge is 2.43. The second-order valence-corrected chi connectivity index (χ2v) is 8.67. The van der Waals surface area contributed by atoms with Crippen LogP contribution in [-0.4, -0.2) is 14.7 Å². The Morgan fingerprint density at radius 2 is 1.62 bits per heavy atom. The third kappa shape index (κ3) is 3.43. The molecule has 1 fully saturated rings. The summed E-state index contributed by atoms with van der Waals surface area (Å²) in [5, 5.41) is 6.22. The predicted molar refractivity (Wildman–Crippen MR) is 138 cm³/mol. The van der Waals surface area contributed by atoms with Crippen molar-refractivity contribution in [3.8, 4) is 5.69 Å². The number of aromatic nitrogens is 2. The second kappa shape index (κ2) is 8.39. The minimum absolute atomic E-state index is 0.248. The van der Waals surface area contributed by atoms with E-state index >= 15 is 4.39 Å². The fraction of sp³-hybridized carbons (Fsp3) is 0.0714. The molecule has 3 aromatic carbocycles. The van der Waals surface area contributed by atoms with Gasteiger partial charge in [-0.25, -0.2) is 4.39 Å². The number of hydrogen-bond acceptors (Lipinski definition) is 2. The minimum atomic E-state index is -0.317. The van der Waals surface area contributed by atoms with Crippen LogP contribution in [0, 0.1) is 5.82 Å². The van der Waals surface area contributed by atoms with Crippen molar-refractivity contribution in [3.05, 3.63) is 127 Å². The van der Waals surface area contributed by atoms with E-state index in [9.17, 15) is 0 Å². The SMILES string of the molecule is Fc1ccccc1N1C(=S)N[C@H](c2ccccn2)[C@@H]1c1cccn1-c1ccc2ccccc2c1. The lowest BCUT2D eigenvalue weighted by molar-refractivity contribution is 0.542. The zero-order valence-corrected chi connectivity index (χ0v) is 19.0. The highest BCUT2D eigenvalue weighted by molar-refractivity contribution is 7.80. The van der Waals surface area contributed by atoms with E-state index in [1.165, 1.54) is 11.5 Å². The zero-order chi connectivity index (χ0) is 23.1. The number of thiocarbonyl (C=S) groups is 1. The molecule has 3 heterocycles. The van der Waals surface area contributed by atoms with Crippen LogP contribution in [0.5, 0.6) is 0 Å². The van der Waals surface area contributed by atoms with Gasteiger partial charge in [-0.3, -0.25) is 4.98 Å². The summed E-state index contributed by atoms with van der Waals surface area (Å²) in [6.45, 7) is 0. The number of fused-ring (bicyclic) bond motifs is 1. The molecule has 6 rings (SSSR count). The number of rotatable bonds is 4. The average molecular weight is 465 g/mol. The van der Waals surface area contributed by atoms with Crippen molar-refractivity contribution < 1.29 is 4.39 Å². The third-order valence-electron chi connectivity index (χ3n) is 6.30. The Kier molecular flexibility index (Phi) is 5.08. The van der Waals surface area contributed by atoms with Crippen LogP contribution in [0.3, 0.4) is 0 Å². The molecule has 34 heavy (non-hydrogen) atoms. The van der Waals surface area contributed by atoms with Crippen molar-refractivity contribution in [2.45, 2.75) is 12.1 Å². The van der Waals surface area contributed by atoms with Crippen LogP contribution in [-0.2, 0) is 0 Å². The average Bonchev–Trinajstić information content (AvgIpc) is 3.49. The van der Waals surface area contributed by atoms with Gasteiger partial charge < -0.3 is 14.8 Å². The Hall–Kier alpha value is -4.03. The third-order valence-corrected chi connectivity index (χ3v) is 6.62. The van der Waals surface area contributed by atoms with Crippen LogP contribution < -0.4 is 10.2 Å². The monoisotopic (exact) mass is 464 g/mol. The standard InChI is InChI=1S/C28H21FN4S/c29-22-10-3-4-12-24(22)33-27(26(31-28(33)34)23-11-5-6-16-30-23)25-13-7-17-32(25)21-15-14-19-8-1-2-9-20(19)18-21/h1-18,26-27H,(H,31,34)/t26-,27+/m1/s1. The van der Waals surface area contributed by atoms with Gasteiger partial charge in [0.1, 0.15) is 11.9 Å². The van der Waals surface area contributed by atoms with Gasteiger partial charge >= 0.3 is 0 Å². The zero-order valence-electron chi connectivity index (χ0n) is 18.2. The maximum Gasteiger partial charge on any atom is 0.174 e. The molecule has 166 valence electrons. The van der Waals surface area contributed by atoms with Crippen LogP contribution in [0.25, 0.3) is 16.5 Å². The Balaban J connectivity index is 1.53. The Morgan fingerprint density at radius 1 is 0.824 bits per heavy atom. The van der Waals surface area contributed by atoms with E-state index in [2.05, 4.69) is 51.3 Å². The van der Waals surface area contributed by atoms with Crippen LogP contribution in [0.2, 0.25) is 0 Å². The molecule has 4 nitrogen and oxygen atoms in total. The lowest BCUT2D eigenvalue weighted by atomic mass is 10.0. The van der Waals surface area contributed by atoms with Crippen molar-refractivity contribution in [1.82, 2.24) is 14.9 Å². The Morgan fingerprint density at radius 3 is 2.44 bits per heavy atom. The Bertz CT molecular complexity index is 1500. The van der Waals surface area contributed by atoms with Crippen molar-refractivity contribution >= 4 is 33.8 Å². The van der Waals surface area contributed by atoms with Gasteiger partial charge in [-0.05, 0) is 71.5 Å². The highest BCUT2D eigenvalue weighted by atomic mass is 32.1. The molecule has 0 radical (unpaired) electrons. The summed E-state index contributed by atoms with van der Waals surface area (Å²) in [5.41, 5.74) is 3.31. The van der Waals surface area contributed by atoms with Crippen molar-refractivity contribution in [2.75, 3.05) is 4.90 Å². The minimum Gasteiger partial charge on any atom is -0.351 e. The number of nitrogens with one attached hydrogen (secondary N) is 1. The van der Waals surface area contributed by atoms with Gasteiger partial charge in [-0.2, -0.15) is 0 Å². The van der Waals surface area contributed by atoms with Gasteiger partial charge in [0.25, 0.3) is 0 Å². The molecule has 5 aromatic rings. The number of pyridine rings is 1. The summed E-state index contributed by atoms with van der Waals surface area (Å²) in [5.74, 6) is -0.317. The quantitative estimate of drug-likeness (QED) is 0.315. The number of halogens is 1. The number of nitrogens with zero attached hydrogens (tertiary/aromatic N) is 3. The molecule has 0 spiro atoms. The van der Waals surface area contributed by atoms with E-state index in [1.807, 2.05) is 53.6 Å². The first kappa shape index (κ1) is 20.6. The van der Waals surface area contributed by atoms with E-state index in [-0.39, 0.29) is 17.9 Å². The summed E-state index contributed by atoms with van der Waals surface area (Å²) >= 11 is 5.74. The molecule has 1 aliphatic rings. The fourth-order valence-electron chi connectivity index (χ4n) is 4.76. The molecule has 1 N–H and O–H groups in total. The van der Waals surface area contributed by atoms with Crippen molar-refractivity contribution in [2.24, 2.45) is 0 Å². The van der Waals surface area contributed by atoms with E-state index < -0.39 is 0 Å². The smallest absolute Gasteiger partial charge is 0.174 e. The molecule has 2 aromatic heterocycles. The molecule has 0 aliphatic carbocycles. The second-order valence-electron chi connectivity index (χ2n) is 8.28. The number of para-hydroxylation sites is 1. The normalized spacial score (nSPS) is 17.8. The van der Waals surface area contributed by atoms with Gasteiger partial charge in [0.15, 0.2) is 5.11 Å². The van der Waals surface area contributed by atoms with Crippen LogP contribution in [0.4, 0.5) is 10.1 Å². The van der Waals surface area contributed by atoms with Crippen LogP contribution in [0.15, 0.2) is 109 Å².